The highest BCUT2D eigenvalue weighted by atomic mass is 35.5. The Morgan fingerprint density at radius 2 is 2.00 bits per heavy atom. The van der Waals surface area contributed by atoms with E-state index in [1.54, 1.807) is 0 Å². The van der Waals surface area contributed by atoms with E-state index < -0.39 is 0 Å². The summed E-state index contributed by atoms with van der Waals surface area (Å²) in [6.45, 7) is 8.34. The van der Waals surface area contributed by atoms with Crippen LogP contribution in [0.2, 0.25) is 5.02 Å². The maximum absolute atomic E-state index is 6.38. The summed E-state index contributed by atoms with van der Waals surface area (Å²) in [5, 5.41) is 4.69. The molecule has 1 aliphatic heterocycles. The molecule has 7 heteroatoms. The van der Waals surface area contributed by atoms with Crippen molar-refractivity contribution in [3.05, 3.63) is 58.9 Å². The van der Waals surface area contributed by atoms with Gasteiger partial charge in [0.1, 0.15) is 0 Å². The second-order valence-electron chi connectivity index (χ2n) is 7.00. The summed E-state index contributed by atoms with van der Waals surface area (Å²) in [6.07, 6.45) is 4.66. The van der Waals surface area contributed by atoms with Gasteiger partial charge < -0.3 is 15.0 Å². The fourth-order valence-electron chi connectivity index (χ4n) is 3.19. The van der Waals surface area contributed by atoms with Crippen molar-refractivity contribution in [2.24, 2.45) is 0 Å². The summed E-state index contributed by atoms with van der Waals surface area (Å²) < 4.78 is 5.43. The lowest BCUT2D eigenvalue weighted by Gasteiger charge is -2.29. The lowest BCUT2D eigenvalue weighted by molar-refractivity contribution is 0.0368. The van der Waals surface area contributed by atoms with Gasteiger partial charge in [-0.2, -0.15) is 0 Å². The normalized spacial score (nSPS) is 14.6. The number of nitrogens with zero attached hydrogens (tertiary/aromatic N) is 3. The van der Waals surface area contributed by atoms with Crippen molar-refractivity contribution < 1.29 is 4.74 Å². The highest BCUT2D eigenvalue weighted by Crippen LogP contribution is 2.23. The van der Waals surface area contributed by atoms with Crippen molar-refractivity contribution in [2.75, 3.05) is 44.7 Å². The maximum Gasteiger partial charge on any atom is 0.173 e. The molecule has 0 bridgehead atoms. The molecule has 1 aromatic carbocycles. The van der Waals surface area contributed by atoms with Crippen LogP contribution >= 0.6 is 23.8 Å². The van der Waals surface area contributed by atoms with E-state index in [1.165, 1.54) is 5.56 Å². The van der Waals surface area contributed by atoms with Crippen LogP contribution in [0, 0.1) is 6.92 Å². The lowest BCUT2D eigenvalue weighted by atomic mass is 10.2. The highest BCUT2D eigenvalue weighted by Gasteiger charge is 2.14. The number of ether oxygens (including phenoxy) is 1. The Hall–Kier alpha value is -1.73. The summed E-state index contributed by atoms with van der Waals surface area (Å²) in [6, 6.07) is 10.00. The van der Waals surface area contributed by atoms with Gasteiger partial charge in [-0.3, -0.25) is 9.88 Å². The molecule has 3 rings (SSSR count). The molecule has 0 unspecified atom stereocenters. The van der Waals surface area contributed by atoms with Gasteiger partial charge in [0.2, 0.25) is 0 Å². The smallest absolute Gasteiger partial charge is 0.173 e. The second-order valence-corrected chi connectivity index (χ2v) is 7.79. The van der Waals surface area contributed by atoms with E-state index in [4.69, 9.17) is 28.6 Å². The van der Waals surface area contributed by atoms with Crippen molar-refractivity contribution in [3.8, 4) is 0 Å². The first-order valence-corrected chi connectivity index (χ1v) is 10.4. The maximum atomic E-state index is 6.38. The van der Waals surface area contributed by atoms with Crippen molar-refractivity contribution in [1.29, 1.82) is 0 Å². The number of halogens is 1. The third-order valence-corrected chi connectivity index (χ3v) is 5.46. The number of aryl methyl sites for hydroxylation is 1. The number of hydrogen-bond donors (Lipinski definition) is 1. The Bertz CT molecular complexity index is 768. The van der Waals surface area contributed by atoms with Crippen LogP contribution in [0.4, 0.5) is 5.69 Å². The molecule has 0 amide bonds. The van der Waals surface area contributed by atoms with Gasteiger partial charge in [0.25, 0.3) is 0 Å². The van der Waals surface area contributed by atoms with Crippen LogP contribution in [0.1, 0.15) is 17.5 Å². The standard InChI is InChI=1S/C21H27ClN4OS/c1-17-3-4-20(19(22)15-17)24-21(28)26(16-18-5-7-23-8-6-18)10-2-9-25-11-13-27-14-12-25/h3-8,15H,2,9-14,16H2,1H3,(H,24,28). The molecule has 28 heavy (non-hydrogen) atoms. The SMILES string of the molecule is Cc1ccc(NC(=S)N(CCCN2CCOCC2)Cc2ccncc2)c(Cl)c1. The quantitative estimate of drug-likeness (QED) is 0.686. The van der Waals surface area contributed by atoms with Gasteiger partial charge in [-0.25, -0.2) is 0 Å². The Labute approximate surface area is 177 Å². The van der Waals surface area contributed by atoms with Gasteiger partial charge in [-0.05, 0) is 61.0 Å². The second kappa shape index (κ2) is 10.7. The van der Waals surface area contributed by atoms with Crippen LogP contribution in [0.3, 0.4) is 0 Å². The molecule has 0 spiro atoms. The molecule has 1 fully saturated rings. The summed E-state index contributed by atoms with van der Waals surface area (Å²) in [5.41, 5.74) is 3.14. The number of morpholine rings is 1. The first-order valence-electron chi connectivity index (χ1n) is 9.63. The monoisotopic (exact) mass is 418 g/mol. The van der Waals surface area contributed by atoms with E-state index in [2.05, 4.69) is 20.1 Å². The van der Waals surface area contributed by atoms with Crippen molar-refractivity contribution in [1.82, 2.24) is 14.8 Å². The Morgan fingerprint density at radius 1 is 1.25 bits per heavy atom. The van der Waals surface area contributed by atoms with E-state index in [1.807, 2.05) is 49.6 Å². The molecule has 5 nitrogen and oxygen atoms in total. The number of rotatable bonds is 7. The van der Waals surface area contributed by atoms with Crippen LogP contribution in [-0.4, -0.2) is 59.3 Å². The summed E-state index contributed by atoms with van der Waals surface area (Å²) in [7, 11) is 0. The van der Waals surface area contributed by atoms with Gasteiger partial charge >= 0.3 is 0 Å². The highest BCUT2D eigenvalue weighted by molar-refractivity contribution is 7.80. The molecule has 2 aromatic rings. The average molecular weight is 419 g/mol. The average Bonchev–Trinajstić information content (AvgIpc) is 2.71. The van der Waals surface area contributed by atoms with Crippen LogP contribution in [-0.2, 0) is 11.3 Å². The van der Waals surface area contributed by atoms with Crippen molar-refractivity contribution in [2.45, 2.75) is 19.9 Å². The Balaban J connectivity index is 1.62. The van der Waals surface area contributed by atoms with Crippen LogP contribution in [0.5, 0.6) is 0 Å². The number of nitrogens with one attached hydrogen (secondary N) is 1. The third kappa shape index (κ3) is 6.41. The van der Waals surface area contributed by atoms with Crippen molar-refractivity contribution >= 4 is 34.6 Å². The minimum Gasteiger partial charge on any atom is -0.379 e. The fourth-order valence-corrected chi connectivity index (χ4v) is 3.73. The van der Waals surface area contributed by atoms with E-state index in [9.17, 15) is 0 Å². The molecule has 2 heterocycles. The molecule has 0 saturated carbocycles. The predicted molar refractivity (Wildman–Crippen MR) is 119 cm³/mol. The van der Waals surface area contributed by atoms with E-state index >= 15 is 0 Å². The molecule has 1 saturated heterocycles. The van der Waals surface area contributed by atoms with Gasteiger partial charge in [-0.15, -0.1) is 0 Å². The van der Waals surface area contributed by atoms with Gasteiger partial charge in [0.15, 0.2) is 5.11 Å². The minimum atomic E-state index is 0.680. The third-order valence-electron chi connectivity index (χ3n) is 4.78. The molecular weight excluding hydrogens is 392 g/mol. The molecular formula is C21H27ClN4OS. The zero-order valence-corrected chi connectivity index (χ0v) is 17.8. The summed E-state index contributed by atoms with van der Waals surface area (Å²) in [4.78, 5) is 8.75. The van der Waals surface area contributed by atoms with Gasteiger partial charge in [-0.1, -0.05) is 17.7 Å². The van der Waals surface area contributed by atoms with E-state index in [0.717, 1.165) is 63.6 Å². The number of pyridine rings is 1. The molecule has 1 N–H and O–H groups in total. The van der Waals surface area contributed by atoms with Crippen LogP contribution < -0.4 is 5.32 Å². The number of benzene rings is 1. The summed E-state index contributed by atoms with van der Waals surface area (Å²) in [5.74, 6) is 0. The fraction of sp³-hybridized carbons (Fsp3) is 0.429. The largest absolute Gasteiger partial charge is 0.379 e. The summed E-state index contributed by atoms with van der Waals surface area (Å²) >= 11 is 12.1. The van der Waals surface area contributed by atoms with Gasteiger partial charge in [0, 0.05) is 45.1 Å². The number of aromatic nitrogens is 1. The van der Waals surface area contributed by atoms with Crippen molar-refractivity contribution in [3.63, 3.8) is 0 Å². The zero-order chi connectivity index (χ0) is 19.8. The number of thiocarbonyl (C=S) groups is 1. The van der Waals surface area contributed by atoms with Crippen LogP contribution in [0.25, 0.3) is 0 Å². The van der Waals surface area contributed by atoms with Gasteiger partial charge in [0.05, 0.1) is 23.9 Å². The molecule has 0 atom stereocenters. The zero-order valence-electron chi connectivity index (χ0n) is 16.2. The molecule has 0 radical (unpaired) electrons. The predicted octanol–water partition coefficient (Wildman–Crippen LogP) is 3.96. The first kappa shape index (κ1) is 21.0. The lowest BCUT2D eigenvalue weighted by Crippen LogP contribution is -2.40. The first-order chi connectivity index (χ1) is 13.6. The topological polar surface area (TPSA) is 40.6 Å². The number of anilines is 1. The van der Waals surface area contributed by atoms with E-state index in [0.29, 0.717) is 10.1 Å². The molecule has 150 valence electrons. The van der Waals surface area contributed by atoms with E-state index in [-0.39, 0.29) is 0 Å². The molecule has 1 aromatic heterocycles. The molecule has 1 aliphatic rings. The minimum absolute atomic E-state index is 0.680. The van der Waals surface area contributed by atoms with Crippen LogP contribution in [0.15, 0.2) is 42.7 Å². The Kier molecular flexibility index (Phi) is 8.03. The molecule has 0 aliphatic carbocycles. The number of hydrogen-bond acceptors (Lipinski definition) is 4. The Morgan fingerprint density at radius 3 is 2.71 bits per heavy atom.